The number of guanidine groups is 1. The average molecular weight is 461 g/mol. The van der Waals surface area contributed by atoms with E-state index in [2.05, 4.69) is 26.0 Å². The molecule has 0 bridgehead atoms. The summed E-state index contributed by atoms with van der Waals surface area (Å²) in [6, 6.07) is 7.93. The number of ether oxygens (including phenoxy) is 1. The lowest BCUT2D eigenvalue weighted by molar-refractivity contribution is 0.409. The van der Waals surface area contributed by atoms with Crippen molar-refractivity contribution in [1.82, 2.24) is 15.6 Å². The highest BCUT2D eigenvalue weighted by molar-refractivity contribution is 14.0. The van der Waals surface area contributed by atoms with E-state index in [1.54, 1.807) is 25.5 Å². The van der Waals surface area contributed by atoms with Gasteiger partial charge in [0, 0.05) is 38.6 Å². The summed E-state index contributed by atoms with van der Waals surface area (Å²) in [6.45, 7) is 1.28. The van der Waals surface area contributed by atoms with Crippen LogP contribution in [-0.4, -0.2) is 39.2 Å². The highest BCUT2D eigenvalue weighted by Crippen LogP contribution is 2.18. The molecule has 132 valence electrons. The van der Waals surface area contributed by atoms with Crippen molar-refractivity contribution in [3.63, 3.8) is 0 Å². The van der Waals surface area contributed by atoms with Gasteiger partial charge in [-0.1, -0.05) is 18.2 Å². The van der Waals surface area contributed by atoms with Crippen LogP contribution in [0.4, 0.5) is 5.13 Å². The smallest absolute Gasteiger partial charge is 0.191 e. The molecule has 0 atom stereocenters. The zero-order valence-electron chi connectivity index (χ0n) is 14.4. The van der Waals surface area contributed by atoms with Crippen LogP contribution >= 0.6 is 35.3 Å². The van der Waals surface area contributed by atoms with Crippen LogP contribution in [0.5, 0.6) is 5.75 Å². The summed E-state index contributed by atoms with van der Waals surface area (Å²) in [7, 11) is 7.41. The van der Waals surface area contributed by atoms with E-state index in [1.165, 1.54) is 0 Å². The minimum Gasteiger partial charge on any atom is -0.496 e. The van der Waals surface area contributed by atoms with Crippen molar-refractivity contribution < 1.29 is 4.74 Å². The number of para-hydroxylation sites is 1. The maximum Gasteiger partial charge on any atom is 0.191 e. The third-order valence-electron chi connectivity index (χ3n) is 3.22. The SMILES string of the molecule is CN=C(NCc1csc(N(C)C)n1)NCc1ccccc1OC.I. The van der Waals surface area contributed by atoms with Gasteiger partial charge in [-0.3, -0.25) is 4.99 Å². The number of aliphatic imine (C=N–C) groups is 1. The van der Waals surface area contributed by atoms with Crippen molar-refractivity contribution in [2.45, 2.75) is 13.1 Å². The Morgan fingerprint density at radius 2 is 1.96 bits per heavy atom. The molecular weight excluding hydrogens is 437 g/mol. The van der Waals surface area contributed by atoms with Crippen LogP contribution in [0.15, 0.2) is 34.6 Å². The Hall–Kier alpha value is -1.55. The van der Waals surface area contributed by atoms with Gasteiger partial charge in [-0.2, -0.15) is 0 Å². The number of hydrogen-bond acceptors (Lipinski definition) is 5. The van der Waals surface area contributed by atoms with Crippen molar-refractivity contribution >= 4 is 46.4 Å². The molecular formula is C16H24IN5OS. The molecule has 0 aliphatic rings. The second-order valence-corrected chi connectivity index (χ2v) is 5.94. The molecule has 0 amide bonds. The van der Waals surface area contributed by atoms with Gasteiger partial charge in [0.2, 0.25) is 0 Å². The molecule has 0 fully saturated rings. The summed E-state index contributed by atoms with van der Waals surface area (Å²) in [6.07, 6.45) is 0. The van der Waals surface area contributed by atoms with Crippen molar-refractivity contribution in [2.75, 3.05) is 33.2 Å². The molecule has 24 heavy (non-hydrogen) atoms. The van der Waals surface area contributed by atoms with Gasteiger partial charge >= 0.3 is 0 Å². The van der Waals surface area contributed by atoms with E-state index in [1.807, 2.05) is 43.3 Å². The molecule has 0 aliphatic carbocycles. The summed E-state index contributed by atoms with van der Waals surface area (Å²) in [5, 5.41) is 9.60. The number of rotatable bonds is 6. The Morgan fingerprint density at radius 1 is 1.25 bits per heavy atom. The fraction of sp³-hybridized carbons (Fsp3) is 0.375. The van der Waals surface area contributed by atoms with Crippen LogP contribution in [-0.2, 0) is 13.1 Å². The van der Waals surface area contributed by atoms with Crippen molar-refractivity contribution in [1.29, 1.82) is 0 Å². The maximum atomic E-state index is 5.35. The molecule has 0 unspecified atom stereocenters. The Morgan fingerprint density at radius 3 is 2.58 bits per heavy atom. The molecule has 6 nitrogen and oxygen atoms in total. The Bertz CT molecular complexity index is 659. The molecule has 2 aromatic rings. The average Bonchev–Trinajstić information content (AvgIpc) is 3.04. The standard InChI is InChI=1S/C16H23N5OS.HI/c1-17-15(18-9-12-7-5-6-8-14(12)22-4)19-10-13-11-23-16(20-13)21(2)3;/h5-8,11H,9-10H2,1-4H3,(H2,17,18,19);1H. The van der Waals surface area contributed by atoms with Gasteiger partial charge in [-0.25, -0.2) is 4.98 Å². The van der Waals surface area contributed by atoms with Crippen molar-refractivity contribution in [3.8, 4) is 5.75 Å². The number of methoxy groups -OCH3 is 1. The molecule has 1 aromatic carbocycles. The van der Waals surface area contributed by atoms with Crippen LogP contribution in [0.1, 0.15) is 11.3 Å². The van der Waals surface area contributed by atoms with Gasteiger partial charge in [0.05, 0.1) is 19.3 Å². The quantitative estimate of drug-likeness (QED) is 0.394. The first-order valence-corrected chi connectivity index (χ1v) is 8.20. The normalized spacial score (nSPS) is 10.8. The molecule has 1 aromatic heterocycles. The van der Waals surface area contributed by atoms with E-state index in [-0.39, 0.29) is 24.0 Å². The summed E-state index contributed by atoms with van der Waals surface area (Å²) in [4.78, 5) is 10.8. The number of thiazole rings is 1. The Kier molecular flexibility index (Phi) is 8.83. The maximum absolute atomic E-state index is 5.35. The first-order valence-electron chi connectivity index (χ1n) is 7.32. The van der Waals surface area contributed by atoms with E-state index >= 15 is 0 Å². The predicted octanol–water partition coefficient (Wildman–Crippen LogP) is 2.70. The van der Waals surface area contributed by atoms with E-state index in [9.17, 15) is 0 Å². The lowest BCUT2D eigenvalue weighted by atomic mass is 10.2. The molecule has 8 heteroatoms. The number of nitrogens with one attached hydrogen (secondary N) is 2. The van der Waals surface area contributed by atoms with Crippen molar-refractivity contribution in [2.24, 2.45) is 4.99 Å². The molecule has 0 saturated heterocycles. The van der Waals surface area contributed by atoms with Crippen LogP contribution < -0.4 is 20.3 Å². The fourth-order valence-electron chi connectivity index (χ4n) is 2.01. The molecule has 0 radical (unpaired) electrons. The molecule has 0 spiro atoms. The number of nitrogens with zero attached hydrogens (tertiary/aromatic N) is 3. The molecule has 0 saturated carbocycles. The highest BCUT2D eigenvalue weighted by Gasteiger charge is 2.06. The minimum absolute atomic E-state index is 0. The number of benzene rings is 1. The highest BCUT2D eigenvalue weighted by atomic mass is 127. The second kappa shape index (κ2) is 10.3. The van der Waals surface area contributed by atoms with E-state index in [0.29, 0.717) is 13.1 Å². The number of aromatic nitrogens is 1. The lowest BCUT2D eigenvalue weighted by Crippen LogP contribution is -2.36. The summed E-state index contributed by atoms with van der Waals surface area (Å²) >= 11 is 1.63. The van der Waals surface area contributed by atoms with Gasteiger partial charge < -0.3 is 20.3 Å². The van der Waals surface area contributed by atoms with E-state index in [4.69, 9.17) is 4.74 Å². The van der Waals surface area contributed by atoms with Crippen LogP contribution in [0.25, 0.3) is 0 Å². The lowest BCUT2D eigenvalue weighted by Gasteiger charge is -2.13. The zero-order chi connectivity index (χ0) is 16.7. The van der Waals surface area contributed by atoms with Crippen molar-refractivity contribution in [3.05, 3.63) is 40.9 Å². The second-order valence-electron chi connectivity index (χ2n) is 5.11. The van der Waals surface area contributed by atoms with Crippen LogP contribution in [0.3, 0.4) is 0 Å². The van der Waals surface area contributed by atoms with Gasteiger partial charge in [0.1, 0.15) is 5.75 Å². The zero-order valence-corrected chi connectivity index (χ0v) is 17.5. The predicted molar refractivity (Wildman–Crippen MR) is 112 cm³/mol. The number of anilines is 1. The summed E-state index contributed by atoms with van der Waals surface area (Å²) in [5.41, 5.74) is 2.08. The first kappa shape index (κ1) is 20.5. The fourth-order valence-corrected chi connectivity index (χ4v) is 2.76. The third kappa shape index (κ3) is 5.82. The Balaban J connectivity index is 0.00000288. The van der Waals surface area contributed by atoms with Gasteiger partial charge in [-0.15, -0.1) is 35.3 Å². The number of halogens is 1. The van der Waals surface area contributed by atoms with E-state index < -0.39 is 0 Å². The van der Waals surface area contributed by atoms with Gasteiger partial charge in [0.15, 0.2) is 11.1 Å². The largest absolute Gasteiger partial charge is 0.496 e. The minimum atomic E-state index is 0. The van der Waals surface area contributed by atoms with E-state index in [0.717, 1.165) is 28.1 Å². The topological polar surface area (TPSA) is 61.8 Å². The van der Waals surface area contributed by atoms with Crippen LogP contribution in [0.2, 0.25) is 0 Å². The monoisotopic (exact) mass is 461 g/mol. The molecule has 2 rings (SSSR count). The van der Waals surface area contributed by atoms with Crippen LogP contribution in [0, 0.1) is 0 Å². The number of hydrogen-bond donors (Lipinski definition) is 2. The molecule has 0 aliphatic heterocycles. The Labute approximate surface area is 164 Å². The van der Waals surface area contributed by atoms with Gasteiger partial charge in [0.25, 0.3) is 0 Å². The summed E-state index contributed by atoms with van der Waals surface area (Å²) < 4.78 is 5.35. The third-order valence-corrected chi connectivity index (χ3v) is 4.28. The summed E-state index contributed by atoms with van der Waals surface area (Å²) in [5.74, 6) is 1.60. The van der Waals surface area contributed by atoms with Gasteiger partial charge in [-0.05, 0) is 6.07 Å². The molecule has 2 N–H and O–H groups in total. The first-order chi connectivity index (χ1) is 11.1. The molecule has 1 heterocycles.